The molecule has 2 heterocycles. The van der Waals surface area contributed by atoms with Crippen LogP contribution in [0.2, 0.25) is 0 Å². The van der Waals surface area contributed by atoms with E-state index in [1.807, 2.05) is 0 Å². The molecule has 5 heteroatoms. The van der Waals surface area contributed by atoms with E-state index in [2.05, 4.69) is 5.10 Å². The lowest BCUT2D eigenvalue weighted by Crippen LogP contribution is -1.93. The second-order valence-corrected chi connectivity index (χ2v) is 3.27. The van der Waals surface area contributed by atoms with E-state index in [1.165, 1.54) is 6.07 Å². The first-order valence-corrected chi connectivity index (χ1v) is 4.41. The van der Waals surface area contributed by atoms with Gasteiger partial charge in [0.25, 0.3) is 0 Å². The van der Waals surface area contributed by atoms with Gasteiger partial charge in [0.2, 0.25) is 5.76 Å². The maximum atomic E-state index is 10.7. The number of aromatic carboxylic acids is 1. The lowest BCUT2D eigenvalue weighted by Gasteiger charge is -1.98. The molecule has 0 spiro atoms. The zero-order chi connectivity index (χ0) is 11.0. The van der Waals surface area contributed by atoms with Crippen LogP contribution >= 0.6 is 0 Å². The molecule has 5 nitrogen and oxygen atoms in total. The van der Waals surface area contributed by atoms with Crippen LogP contribution in [0, 0.1) is 6.92 Å². The van der Waals surface area contributed by atoms with Crippen molar-refractivity contribution in [2.75, 3.05) is 0 Å². The molecule has 0 aliphatic rings. The Labute approximate surface area is 85.9 Å². The van der Waals surface area contributed by atoms with Gasteiger partial charge in [-0.15, -0.1) is 0 Å². The van der Waals surface area contributed by atoms with Crippen LogP contribution in [-0.4, -0.2) is 20.9 Å². The predicted octanol–water partition coefficient (Wildman–Crippen LogP) is 1.69. The van der Waals surface area contributed by atoms with E-state index < -0.39 is 5.97 Å². The summed E-state index contributed by atoms with van der Waals surface area (Å²) in [5.74, 6) is -0.567. The molecule has 0 unspecified atom stereocenters. The monoisotopic (exact) mass is 206 g/mol. The number of furan rings is 1. The average molecular weight is 206 g/mol. The van der Waals surface area contributed by atoms with Crippen LogP contribution in [-0.2, 0) is 7.05 Å². The highest BCUT2D eigenvalue weighted by atomic mass is 16.4. The molecule has 78 valence electrons. The molecule has 0 aliphatic carbocycles. The van der Waals surface area contributed by atoms with Crippen LogP contribution in [0.3, 0.4) is 0 Å². The fraction of sp³-hybridized carbons (Fsp3) is 0.200. The number of aryl methyl sites for hydroxylation is 2. The third-order valence-corrected chi connectivity index (χ3v) is 2.18. The summed E-state index contributed by atoms with van der Waals surface area (Å²) in [5, 5.41) is 12.8. The fourth-order valence-electron chi connectivity index (χ4n) is 1.44. The summed E-state index contributed by atoms with van der Waals surface area (Å²) in [6, 6.07) is 3.28. The van der Waals surface area contributed by atoms with Crippen molar-refractivity contribution in [2.45, 2.75) is 6.92 Å². The van der Waals surface area contributed by atoms with Gasteiger partial charge in [-0.1, -0.05) is 0 Å². The highest BCUT2D eigenvalue weighted by Crippen LogP contribution is 2.25. The molecule has 15 heavy (non-hydrogen) atoms. The van der Waals surface area contributed by atoms with Crippen molar-refractivity contribution in [1.82, 2.24) is 9.78 Å². The summed E-state index contributed by atoms with van der Waals surface area (Å²) < 4.78 is 6.88. The van der Waals surface area contributed by atoms with Crippen molar-refractivity contribution in [3.63, 3.8) is 0 Å². The number of hydrogen-bond acceptors (Lipinski definition) is 3. The molecule has 2 aromatic rings. The summed E-state index contributed by atoms with van der Waals surface area (Å²) >= 11 is 0. The van der Waals surface area contributed by atoms with Gasteiger partial charge >= 0.3 is 5.97 Å². The highest BCUT2D eigenvalue weighted by Gasteiger charge is 2.16. The molecule has 2 rings (SSSR count). The predicted molar refractivity (Wildman–Crippen MR) is 52.6 cm³/mol. The van der Waals surface area contributed by atoms with E-state index in [0.29, 0.717) is 5.76 Å². The Kier molecular flexibility index (Phi) is 2.07. The van der Waals surface area contributed by atoms with Crippen molar-refractivity contribution >= 4 is 5.97 Å². The SMILES string of the molecule is Cc1cc(C(=O)O)oc1-c1ccnn1C. The standard InChI is InChI=1S/C10H10N2O3/c1-6-5-8(10(13)14)15-9(6)7-3-4-11-12(7)2/h3-5H,1-2H3,(H,13,14). The van der Waals surface area contributed by atoms with Crippen LogP contribution in [0.5, 0.6) is 0 Å². The van der Waals surface area contributed by atoms with Gasteiger partial charge in [-0.25, -0.2) is 4.79 Å². The zero-order valence-corrected chi connectivity index (χ0v) is 8.39. The van der Waals surface area contributed by atoms with E-state index in [4.69, 9.17) is 9.52 Å². The van der Waals surface area contributed by atoms with Gasteiger partial charge in [0.15, 0.2) is 5.76 Å². The van der Waals surface area contributed by atoms with Crippen molar-refractivity contribution in [3.05, 3.63) is 29.7 Å². The second kappa shape index (κ2) is 3.27. The summed E-state index contributed by atoms with van der Waals surface area (Å²) in [7, 11) is 1.78. The maximum Gasteiger partial charge on any atom is 0.371 e. The third-order valence-electron chi connectivity index (χ3n) is 2.18. The maximum absolute atomic E-state index is 10.7. The van der Waals surface area contributed by atoms with E-state index in [-0.39, 0.29) is 5.76 Å². The lowest BCUT2D eigenvalue weighted by atomic mass is 10.2. The van der Waals surface area contributed by atoms with Crippen LogP contribution in [0.1, 0.15) is 16.1 Å². The minimum Gasteiger partial charge on any atom is -0.475 e. The van der Waals surface area contributed by atoms with E-state index in [1.54, 1.807) is 30.9 Å². The molecule has 0 saturated carbocycles. The van der Waals surface area contributed by atoms with Crippen molar-refractivity contribution in [3.8, 4) is 11.5 Å². The lowest BCUT2D eigenvalue weighted by molar-refractivity contribution is 0.0663. The van der Waals surface area contributed by atoms with E-state index in [9.17, 15) is 4.79 Å². The van der Waals surface area contributed by atoms with Gasteiger partial charge in [0.05, 0.1) is 0 Å². The van der Waals surface area contributed by atoms with Gasteiger partial charge in [-0.3, -0.25) is 4.68 Å². The molecule has 0 aliphatic heterocycles. The Morgan fingerprint density at radius 1 is 1.60 bits per heavy atom. The molecule has 0 saturated heterocycles. The molecule has 2 aromatic heterocycles. The minimum absolute atomic E-state index is 0.0521. The minimum atomic E-state index is -1.06. The fourth-order valence-corrected chi connectivity index (χ4v) is 1.44. The molecule has 0 aromatic carbocycles. The first-order valence-electron chi connectivity index (χ1n) is 4.41. The van der Waals surface area contributed by atoms with Crippen LogP contribution in [0.15, 0.2) is 22.7 Å². The molecule has 0 radical (unpaired) electrons. The molecule has 0 atom stereocenters. The number of aromatic nitrogens is 2. The van der Waals surface area contributed by atoms with Crippen molar-refractivity contribution in [2.24, 2.45) is 7.05 Å². The number of carbonyl (C=O) groups is 1. The molecule has 0 bridgehead atoms. The summed E-state index contributed by atoms with van der Waals surface area (Å²) in [6.45, 7) is 1.80. The number of carboxylic acids is 1. The third kappa shape index (κ3) is 1.52. The molecule has 1 N–H and O–H groups in total. The number of hydrogen-bond donors (Lipinski definition) is 1. The van der Waals surface area contributed by atoms with E-state index in [0.717, 1.165) is 11.3 Å². The number of carboxylic acid groups (broad SMARTS) is 1. The summed E-state index contributed by atoms with van der Waals surface area (Å²) in [6.07, 6.45) is 1.64. The largest absolute Gasteiger partial charge is 0.475 e. The Morgan fingerprint density at radius 3 is 2.80 bits per heavy atom. The topological polar surface area (TPSA) is 68.3 Å². The molecule has 0 fully saturated rings. The number of rotatable bonds is 2. The van der Waals surface area contributed by atoms with Gasteiger partial charge in [-0.2, -0.15) is 5.10 Å². The Balaban J connectivity index is 2.54. The number of nitrogens with zero attached hydrogens (tertiary/aromatic N) is 2. The summed E-state index contributed by atoms with van der Waals surface area (Å²) in [4.78, 5) is 10.7. The second-order valence-electron chi connectivity index (χ2n) is 3.27. The summed E-state index contributed by atoms with van der Waals surface area (Å²) in [5.41, 5.74) is 1.55. The Hall–Kier alpha value is -2.04. The smallest absolute Gasteiger partial charge is 0.371 e. The van der Waals surface area contributed by atoms with Gasteiger partial charge in [0.1, 0.15) is 5.69 Å². The first-order chi connectivity index (χ1) is 7.09. The Bertz CT molecular complexity index is 510. The van der Waals surface area contributed by atoms with Crippen molar-refractivity contribution in [1.29, 1.82) is 0 Å². The highest BCUT2D eigenvalue weighted by molar-refractivity contribution is 5.85. The van der Waals surface area contributed by atoms with Gasteiger partial charge < -0.3 is 9.52 Å². The normalized spacial score (nSPS) is 10.5. The Morgan fingerprint density at radius 2 is 2.33 bits per heavy atom. The average Bonchev–Trinajstić information content (AvgIpc) is 2.71. The first kappa shape index (κ1) is 9.51. The van der Waals surface area contributed by atoms with Gasteiger partial charge in [0, 0.05) is 13.2 Å². The zero-order valence-electron chi connectivity index (χ0n) is 8.39. The van der Waals surface area contributed by atoms with Crippen LogP contribution < -0.4 is 0 Å². The van der Waals surface area contributed by atoms with Gasteiger partial charge in [-0.05, 0) is 24.6 Å². The molecular weight excluding hydrogens is 196 g/mol. The van der Waals surface area contributed by atoms with E-state index >= 15 is 0 Å². The molecular formula is C10H10N2O3. The van der Waals surface area contributed by atoms with Crippen LogP contribution in [0.4, 0.5) is 0 Å². The van der Waals surface area contributed by atoms with Crippen molar-refractivity contribution < 1.29 is 14.3 Å². The quantitative estimate of drug-likeness (QED) is 0.811. The van der Waals surface area contributed by atoms with Crippen LogP contribution in [0.25, 0.3) is 11.5 Å². The molecule has 0 amide bonds.